The third-order valence-corrected chi connectivity index (χ3v) is 5.90. The number of ether oxygens (including phenoxy) is 2. The largest absolute Gasteiger partial charge is 0.454 e. The number of esters is 1. The van der Waals surface area contributed by atoms with Crippen molar-refractivity contribution in [1.29, 1.82) is 0 Å². The summed E-state index contributed by atoms with van der Waals surface area (Å²) in [5.41, 5.74) is 5.36. The van der Waals surface area contributed by atoms with Gasteiger partial charge in [-0.2, -0.15) is 0 Å². The lowest BCUT2D eigenvalue weighted by Gasteiger charge is -2.31. The van der Waals surface area contributed by atoms with Gasteiger partial charge >= 0.3 is 5.97 Å². The first kappa shape index (κ1) is 24.7. The van der Waals surface area contributed by atoms with Crippen molar-refractivity contribution in [2.75, 3.05) is 6.61 Å². The molecule has 0 saturated heterocycles. The van der Waals surface area contributed by atoms with E-state index in [1.807, 2.05) is 67.6 Å². The van der Waals surface area contributed by atoms with Crippen LogP contribution in [0.4, 0.5) is 0 Å². The van der Waals surface area contributed by atoms with Crippen molar-refractivity contribution in [1.82, 2.24) is 0 Å². The summed E-state index contributed by atoms with van der Waals surface area (Å²) in [6.45, 7) is 10.9. The molecule has 0 saturated carbocycles. The smallest absolute Gasteiger partial charge is 0.309 e. The van der Waals surface area contributed by atoms with E-state index in [0.717, 1.165) is 27.8 Å². The lowest BCUT2D eigenvalue weighted by atomic mass is 9.92. The average molecular weight is 445 g/mol. The molecule has 0 heterocycles. The van der Waals surface area contributed by atoms with Crippen molar-refractivity contribution in [2.45, 2.75) is 53.2 Å². The van der Waals surface area contributed by atoms with E-state index in [1.54, 1.807) is 0 Å². The molecule has 0 aliphatic rings. The van der Waals surface area contributed by atoms with E-state index in [9.17, 15) is 4.79 Å². The van der Waals surface area contributed by atoms with Crippen molar-refractivity contribution >= 4 is 5.97 Å². The molecule has 3 atom stereocenters. The summed E-state index contributed by atoms with van der Waals surface area (Å²) in [6, 6.07) is 26.4. The first-order chi connectivity index (χ1) is 15.9. The number of aryl methyl sites for hydroxylation is 2. The third-order valence-electron chi connectivity index (χ3n) is 5.90. The molecule has 0 amide bonds. The molecule has 0 fully saturated rings. The standard InChI is InChI=1S/C30H36O3/c1-21(2)20-32-28(26-17-11-9-13-22(26)3)29(27-18-12-10-14-23(27)4)33-30(31)24(5)19-25-15-7-6-8-16-25/h6-18,21,24,28-29H,19-20H2,1-5H3/t24?,28-,29+/m0/s1. The van der Waals surface area contributed by atoms with Gasteiger partial charge in [0.05, 0.1) is 5.92 Å². The molecule has 0 spiro atoms. The number of hydrogen-bond donors (Lipinski definition) is 0. The highest BCUT2D eigenvalue weighted by molar-refractivity contribution is 5.73. The molecule has 0 bridgehead atoms. The fourth-order valence-corrected chi connectivity index (χ4v) is 4.03. The second-order valence-electron chi connectivity index (χ2n) is 9.31. The normalized spacial score (nSPS) is 14.0. The fraction of sp³-hybridized carbons (Fsp3) is 0.367. The van der Waals surface area contributed by atoms with Crippen molar-refractivity contribution < 1.29 is 14.3 Å². The van der Waals surface area contributed by atoms with Crippen LogP contribution in [0.5, 0.6) is 0 Å². The minimum atomic E-state index is -0.531. The second kappa shape index (κ2) is 11.8. The summed E-state index contributed by atoms with van der Waals surface area (Å²) in [4.78, 5) is 13.3. The van der Waals surface area contributed by atoms with E-state index in [2.05, 4.69) is 45.9 Å². The summed E-state index contributed by atoms with van der Waals surface area (Å²) < 4.78 is 12.8. The Hall–Kier alpha value is -2.91. The van der Waals surface area contributed by atoms with E-state index >= 15 is 0 Å². The topological polar surface area (TPSA) is 35.5 Å². The number of carbonyl (C=O) groups excluding carboxylic acids is 1. The molecular formula is C30H36O3. The molecule has 1 unspecified atom stereocenters. The SMILES string of the molecule is Cc1ccccc1[C@@H](OC(=O)C(C)Cc1ccccc1)[C@@H](OCC(C)C)c1ccccc1C. The summed E-state index contributed by atoms with van der Waals surface area (Å²) in [7, 11) is 0. The molecule has 3 heteroatoms. The molecule has 0 radical (unpaired) electrons. The Balaban J connectivity index is 1.95. The molecule has 0 aromatic heterocycles. The van der Waals surface area contributed by atoms with Gasteiger partial charge in [0.2, 0.25) is 0 Å². The van der Waals surface area contributed by atoms with E-state index < -0.39 is 6.10 Å². The molecule has 0 aliphatic heterocycles. The van der Waals surface area contributed by atoms with Crippen LogP contribution in [0.3, 0.4) is 0 Å². The highest BCUT2D eigenvalue weighted by atomic mass is 16.6. The maximum absolute atomic E-state index is 13.3. The average Bonchev–Trinajstić information content (AvgIpc) is 2.80. The molecule has 3 aromatic carbocycles. The maximum atomic E-state index is 13.3. The Morgan fingerprint density at radius 1 is 0.727 bits per heavy atom. The number of carbonyl (C=O) groups is 1. The van der Waals surface area contributed by atoms with Gasteiger partial charge in [-0.15, -0.1) is 0 Å². The highest BCUT2D eigenvalue weighted by Gasteiger charge is 2.33. The molecule has 3 nitrogen and oxygen atoms in total. The Morgan fingerprint density at radius 2 is 1.24 bits per heavy atom. The summed E-state index contributed by atoms with van der Waals surface area (Å²) >= 11 is 0. The number of hydrogen-bond acceptors (Lipinski definition) is 3. The zero-order valence-electron chi connectivity index (χ0n) is 20.5. The predicted molar refractivity (Wildman–Crippen MR) is 134 cm³/mol. The molecule has 0 aliphatic carbocycles. The first-order valence-electron chi connectivity index (χ1n) is 11.8. The monoisotopic (exact) mass is 444 g/mol. The summed E-state index contributed by atoms with van der Waals surface area (Å²) in [5.74, 6) is -0.109. The third kappa shape index (κ3) is 6.79. The predicted octanol–water partition coefficient (Wildman–Crippen LogP) is 7.18. The van der Waals surface area contributed by atoms with Crippen LogP contribution in [0.15, 0.2) is 78.9 Å². The van der Waals surface area contributed by atoms with Crippen molar-refractivity contribution in [3.05, 3.63) is 107 Å². The molecule has 3 aromatic rings. The van der Waals surface area contributed by atoms with Crippen LogP contribution >= 0.6 is 0 Å². The van der Waals surface area contributed by atoms with Gasteiger partial charge in [0, 0.05) is 6.61 Å². The van der Waals surface area contributed by atoms with Gasteiger partial charge in [-0.1, -0.05) is 99.6 Å². The van der Waals surface area contributed by atoms with E-state index in [-0.39, 0.29) is 18.0 Å². The van der Waals surface area contributed by atoms with Crippen molar-refractivity contribution in [3.63, 3.8) is 0 Å². The second-order valence-corrected chi connectivity index (χ2v) is 9.31. The summed E-state index contributed by atoms with van der Waals surface area (Å²) in [5, 5.41) is 0. The van der Waals surface area contributed by atoms with Crippen LogP contribution in [0.2, 0.25) is 0 Å². The van der Waals surface area contributed by atoms with Gasteiger partial charge in [-0.3, -0.25) is 4.79 Å². The molecular weight excluding hydrogens is 408 g/mol. The number of rotatable bonds is 10. The zero-order valence-corrected chi connectivity index (χ0v) is 20.5. The van der Waals surface area contributed by atoms with Gasteiger partial charge in [0.25, 0.3) is 0 Å². The lowest BCUT2D eigenvalue weighted by molar-refractivity contribution is -0.164. The van der Waals surface area contributed by atoms with Gasteiger partial charge in [0.1, 0.15) is 6.10 Å². The van der Waals surface area contributed by atoms with Crippen LogP contribution in [0, 0.1) is 25.7 Å². The Bertz CT molecular complexity index is 1030. The minimum absolute atomic E-state index is 0.209. The van der Waals surface area contributed by atoms with Crippen molar-refractivity contribution in [3.8, 4) is 0 Å². The van der Waals surface area contributed by atoms with Crippen LogP contribution in [-0.4, -0.2) is 12.6 Å². The van der Waals surface area contributed by atoms with Gasteiger partial charge < -0.3 is 9.47 Å². The van der Waals surface area contributed by atoms with Crippen LogP contribution in [-0.2, 0) is 20.7 Å². The quantitative estimate of drug-likeness (QED) is 0.311. The maximum Gasteiger partial charge on any atom is 0.309 e. The van der Waals surface area contributed by atoms with Crippen LogP contribution in [0.1, 0.15) is 60.8 Å². The van der Waals surface area contributed by atoms with E-state index in [4.69, 9.17) is 9.47 Å². The van der Waals surface area contributed by atoms with E-state index in [0.29, 0.717) is 18.9 Å². The lowest BCUT2D eigenvalue weighted by Crippen LogP contribution is -2.26. The van der Waals surface area contributed by atoms with E-state index in [1.165, 1.54) is 0 Å². The van der Waals surface area contributed by atoms with Crippen LogP contribution in [0.25, 0.3) is 0 Å². The molecule has 33 heavy (non-hydrogen) atoms. The first-order valence-corrected chi connectivity index (χ1v) is 11.8. The van der Waals surface area contributed by atoms with Gasteiger partial charge in [-0.05, 0) is 54.0 Å². The Morgan fingerprint density at radius 3 is 1.79 bits per heavy atom. The van der Waals surface area contributed by atoms with Crippen molar-refractivity contribution in [2.24, 2.45) is 11.8 Å². The summed E-state index contributed by atoms with van der Waals surface area (Å²) in [6.07, 6.45) is -0.276. The minimum Gasteiger partial charge on any atom is -0.454 e. The molecule has 0 N–H and O–H groups in total. The number of benzene rings is 3. The highest BCUT2D eigenvalue weighted by Crippen LogP contribution is 2.39. The van der Waals surface area contributed by atoms with Gasteiger partial charge in [0.15, 0.2) is 6.10 Å². The van der Waals surface area contributed by atoms with Crippen LogP contribution < -0.4 is 0 Å². The molecule has 3 rings (SSSR count). The van der Waals surface area contributed by atoms with Gasteiger partial charge in [-0.25, -0.2) is 0 Å². The zero-order chi connectivity index (χ0) is 23.8. The fourth-order valence-electron chi connectivity index (χ4n) is 4.03. The Labute approximate surface area is 198 Å². The molecule has 174 valence electrons. The Kier molecular flexibility index (Phi) is 8.85.